The van der Waals surface area contributed by atoms with E-state index in [0.29, 0.717) is 19.5 Å². The number of carbonyl (C=O) groups is 1. The van der Waals surface area contributed by atoms with Crippen LogP contribution in [0.1, 0.15) is 45.7 Å². The van der Waals surface area contributed by atoms with Gasteiger partial charge in [0, 0.05) is 34.5 Å². The smallest absolute Gasteiger partial charge is 0.304 e. The number of likely N-dealkylation sites (tertiary alicyclic amines) is 1. The SMILES string of the molecule is COc1ccc([C@]2(O)C[C@@H](CC(=O)O)N(CCC=C(c3sccc3C)c3sccc3C)C2)cc1. The molecule has 34 heavy (non-hydrogen) atoms. The van der Waals surface area contributed by atoms with E-state index in [0.717, 1.165) is 17.7 Å². The van der Waals surface area contributed by atoms with Crippen molar-refractivity contribution in [2.75, 3.05) is 20.2 Å². The number of β-amino-alcohol motifs (C(OH)–C–C–N with tert-alkyl or cyclic N) is 1. The van der Waals surface area contributed by atoms with E-state index >= 15 is 0 Å². The number of carboxylic acids is 1. The van der Waals surface area contributed by atoms with Crippen LogP contribution in [0.2, 0.25) is 0 Å². The van der Waals surface area contributed by atoms with Crippen molar-refractivity contribution >= 4 is 34.2 Å². The zero-order valence-corrected chi connectivity index (χ0v) is 21.4. The number of carboxylic acid groups (broad SMARTS) is 1. The molecule has 0 spiro atoms. The first-order valence-electron chi connectivity index (χ1n) is 11.4. The maximum atomic E-state index is 11.6. The van der Waals surface area contributed by atoms with Crippen molar-refractivity contribution in [2.45, 2.75) is 44.8 Å². The Hall–Kier alpha value is -2.45. The molecule has 1 aliphatic rings. The average molecular weight is 498 g/mol. The number of hydrogen-bond donors (Lipinski definition) is 2. The Morgan fingerprint density at radius 3 is 2.24 bits per heavy atom. The third-order valence-corrected chi connectivity index (χ3v) is 8.67. The highest BCUT2D eigenvalue weighted by atomic mass is 32.1. The van der Waals surface area contributed by atoms with Gasteiger partial charge in [-0.25, -0.2) is 0 Å². The number of hydrogen-bond acceptors (Lipinski definition) is 6. The summed E-state index contributed by atoms with van der Waals surface area (Å²) in [6.07, 6.45) is 3.47. The number of rotatable bonds is 9. The highest BCUT2D eigenvalue weighted by molar-refractivity contribution is 7.14. The van der Waals surface area contributed by atoms with Gasteiger partial charge in [0.05, 0.1) is 13.5 Å². The standard InChI is InChI=1S/C27H31NO4S2/c1-18-10-13-33-25(18)23(26-19(2)11-14-34-26)5-4-12-28-17-27(31,16-21(28)15-24(29)30)20-6-8-22(32-3)9-7-20/h5-11,13-14,21,31H,4,12,15-17H2,1-3H3,(H,29,30)/t21-,27+/m1/s1. The minimum absolute atomic E-state index is 0.0170. The molecule has 1 aromatic carbocycles. The number of benzene rings is 1. The monoisotopic (exact) mass is 497 g/mol. The van der Waals surface area contributed by atoms with Crippen LogP contribution >= 0.6 is 22.7 Å². The first kappa shape index (κ1) is 24.7. The summed E-state index contributed by atoms with van der Waals surface area (Å²) in [4.78, 5) is 16.3. The molecule has 180 valence electrons. The second kappa shape index (κ2) is 10.4. The van der Waals surface area contributed by atoms with Crippen LogP contribution < -0.4 is 4.74 Å². The van der Waals surface area contributed by atoms with Crippen LogP contribution in [0.15, 0.2) is 53.2 Å². The van der Waals surface area contributed by atoms with Crippen molar-refractivity contribution in [2.24, 2.45) is 0 Å². The van der Waals surface area contributed by atoms with Gasteiger partial charge in [0.1, 0.15) is 11.4 Å². The normalized spacial score (nSPS) is 20.4. The number of aliphatic hydroxyl groups is 1. The van der Waals surface area contributed by atoms with Crippen LogP contribution in [0.4, 0.5) is 0 Å². The molecule has 5 nitrogen and oxygen atoms in total. The van der Waals surface area contributed by atoms with E-state index < -0.39 is 11.6 Å². The van der Waals surface area contributed by atoms with Crippen LogP contribution in [0.3, 0.4) is 0 Å². The Labute approximate surface area is 208 Å². The van der Waals surface area contributed by atoms with Gasteiger partial charge < -0.3 is 14.9 Å². The molecule has 3 aromatic rings. The summed E-state index contributed by atoms with van der Waals surface area (Å²) in [5.74, 6) is -0.108. The Balaban J connectivity index is 1.55. The zero-order valence-electron chi connectivity index (χ0n) is 19.8. The maximum Gasteiger partial charge on any atom is 0.304 e. The Kier molecular flexibility index (Phi) is 7.57. The number of methoxy groups -OCH3 is 1. The van der Waals surface area contributed by atoms with Gasteiger partial charge in [-0.1, -0.05) is 18.2 Å². The van der Waals surface area contributed by atoms with E-state index in [-0.39, 0.29) is 12.5 Å². The Morgan fingerprint density at radius 2 is 1.74 bits per heavy atom. The number of ether oxygens (including phenoxy) is 1. The second-order valence-electron chi connectivity index (χ2n) is 8.96. The predicted molar refractivity (Wildman–Crippen MR) is 139 cm³/mol. The molecule has 7 heteroatoms. The van der Waals surface area contributed by atoms with E-state index in [1.807, 2.05) is 24.3 Å². The van der Waals surface area contributed by atoms with Gasteiger partial charge in [-0.2, -0.15) is 0 Å². The lowest BCUT2D eigenvalue weighted by atomic mass is 9.90. The molecule has 1 saturated heterocycles. The zero-order chi connectivity index (χ0) is 24.3. The van der Waals surface area contributed by atoms with Crippen molar-refractivity contribution in [1.29, 1.82) is 0 Å². The highest BCUT2D eigenvalue weighted by Gasteiger charge is 2.44. The van der Waals surface area contributed by atoms with Crippen LogP contribution in [0.5, 0.6) is 5.75 Å². The lowest BCUT2D eigenvalue weighted by Crippen LogP contribution is -2.34. The number of aliphatic carboxylic acids is 1. The lowest BCUT2D eigenvalue weighted by Gasteiger charge is -2.24. The van der Waals surface area contributed by atoms with Crippen LogP contribution in [-0.2, 0) is 10.4 Å². The molecule has 0 bridgehead atoms. The summed E-state index contributed by atoms with van der Waals surface area (Å²) in [5, 5.41) is 25.2. The molecular formula is C27H31NO4S2. The minimum Gasteiger partial charge on any atom is -0.497 e. The summed E-state index contributed by atoms with van der Waals surface area (Å²) in [6, 6.07) is 11.5. The van der Waals surface area contributed by atoms with Crippen LogP contribution in [-0.4, -0.2) is 47.3 Å². The first-order valence-corrected chi connectivity index (χ1v) is 13.2. The van der Waals surface area contributed by atoms with Gasteiger partial charge in [-0.3, -0.25) is 9.69 Å². The third kappa shape index (κ3) is 5.28. The Morgan fingerprint density at radius 1 is 1.12 bits per heavy atom. The van der Waals surface area contributed by atoms with Gasteiger partial charge in [0.2, 0.25) is 0 Å². The van der Waals surface area contributed by atoms with E-state index in [4.69, 9.17) is 4.74 Å². The van der Waals surface area contributed by atoms with Crippen molar-refractivity contribution in [3.05, 3.63) is 79.7 Å². The van der Waals surface area contributed by atoms with E-state index in [1.165, 1.54) is 26.5 Å². The second-order valence-corrected chi connectivity index (χ2v) is 10.8. The predicted octanol–water partition coefficient (Wildman–Crippen LogP) is 5.69. The van der Waals surface area contributed by atoms with Gasteiger partial charge in [-0.05, 0) is 78.4 Å². The van der Waals surface area contributed by atoms with Gasteiger partial charge >= 0.3 is 5.97 Å². The summed E-state index contributed by atoms with van der Waals surface area (Å²) >= 11 is 3.51. The van der Waals surface area contributed by atoms with E-state index in [2.05, 4.69) is 47.7 Å². The molecule has 0 saturated carbocycles. The van der Waals surface area contributed by atoms with E-state index in [1.54, 1.807) is 29.8 Å². The van der Waals surface area contributed by atoms with Gasteiger partial charge in [-0.15, -0.1) is 22.7 Å². The fourth-order valence-corrected chi connectivity index (χ4v) is 6.80. The molecule has 0 aliphatic carbocycles. The third-order valence-electron chi connectivity index (χ3n) is 6.57. The fraction of sp³-hybridized carbons (Fsp3) is 0.370. The molecule has 1 fully saturated rings. The Bertz CT molecular complexity index is 1120. The molecule has 0 radical (unpaired) electrons. The fourth-order valence-electron chi connectivity index (χ4n) is 4.78. The molecule has 2 aromatic heterocycles. The molecule has 3 heterocycles. The minimum atomic E-state index is -1.08. The van der Waals surface area contributed by atoms with Gasteiger partial charge in [0.25, 0.3) is 0 Å². The topological polar surface area (TPSA) is 70.0 Å². The summed E-state index contributed by atoms with van der Waals surface area (Å²) < 4.78 is 5.24. The number of nitrogens with zero attached hydrogens (tertiary/aromatic N) is 1. The maximum absolute atomic E-state index is 11.6. The highest BCUT2D eigenvalue weighted by Crippen LogP contribution is 2.39. The van der Waals surface area contributed by atoms with Crippen LogP contribution in [0.25, 0.3) is 5.57 Å². The van der Waals surface area contributed by atoms with Crippen molar-refractivity contribution in [3.63, 3.8) is 0 Å². The van der Waals surface area contributed by atoms with Crippen LogP contribution in [0, 0.1) is 13.8 Å². The largest absolute Gasteiger partial charge is 0.497 e. The lowest BCUT2D eigenvalue weighted by molar-refractivity contribution is -0.138. The first-order chi connectivity index (χ1) is 16.3. The number of aryl methyl sites for hydroxylation is 2. The number of thiophene rings is 2. The molecule has 2 N–H and O–H groups in total. The molecular weight excluding hydrogens is 466 g/mol. The van der Waals surface area contributed by atoms with Crippen molar-refractivity contribution in [3.8, 4) is 5.75 Å². The summed E-state index contributed by atoms with van der Waals surface area (Å²) in [5.41, 5.74) is 3.50. The molecule has 0 amide bonds. The molecule has 1 aliphatic heterocycles. The molecule has 4 rings (SSSR count). The van der Waals surface area contributed by atoms with Crippen molar-refractivity contribution < 1.29 is 19.7 Å². The van der Waals surface area contributed by atoms with Gasteiger partial charge in [0.15, 0.2) is 0 Å². The average Bonchev–Trinajstić information content (AvgIpc) is 3.51. The summed E-state index contributed by atoms with van der Waals surface area (Å²) in [7, 11) is 1.61. The molecule has 2 atom stereocenters. The molecule has 0 unspecified atom stereocenters. The quantitative estimate of drug-likeness (QED) is 0.397. The van der Waals surface area contributed by atoms with E-state index in [9.17, 15) is 15.0 Å². The summed E-state index contributed by atoms with van der Waals surface area (Å²) in [6.45, 7) is 5.38. The van der Waals surface area contributed by atoms with Crippen molar-refractivity contribution in [1.82, 2.24) is 4.90 Å².